The van der Waals surface area contributed by atoms with Crippen molar-refractivity contribution in [1.82, 2.24) is 20.4 Å². The van der Waals surface area contributed by atoms with Gasteiger partial charge in [0.25, 0.3) is 0 Å². The molecule has 1 aliphatic carbocycles. The molecule has 1 aromatic rings. The minimum absolute atomic E-state index is 0.289. The predicted octanol–water partition coefficient (Wildman–Crippen LogP) is 1.26. The standard InChI is InChI=1S/C14H22N4O/c19-14(6-7-15-12-3-4-12)18-9-1-2-11(10-18)13-5-8-16-17-13/h5,8,11-12,15H,1-4,6-7,9-10H2,(H,16,17). The molecule has 1 saturated heterocycles. The first-order chi connectivity index (χ1) is 9.33. The minimum Gasteiger partial charge on any atom is -0.342 e. The van der Waals surface area contributed by atoms with Crippen LogP contribution in [0.25, 0.3) is 0 Å². The van der Waals surface area contributed by atoms with E-state index in [0.29, 0.717) is 18.4 Å². The zero-order valence-corrected chi connectivity index (χ0v) is 11.3. The zero-order valence-electron chi connectivity index (χ0n) is 11.3. The Balaban J connectivity index is 1.48. The third-order valence-electron chi connectivity index (χ3n) is 4.09. The van der Waals surface area contributed by atoms with Crippen LogP contribution in [0.4, 0.5) is 0 Å². The summed E-state index contributed by atoms with van der Waals surface area (Å²) in [5.41, 5.74) is 1.16. The normalized spacial score (nSPS) is 23.6. The molecule has 0 radical (unpaired) electrons. The van der Waals surface area contributed by atoms with Gasteiger partial charge in [0.1, 0.15) is 0 Å². The maximum Gasteiger partial charge on any atom is 0.223 e. The fraction of sp³-hybridized carbons (Fsp3) is 0.714. The third kappa shape index (κ3) is 3.35. The first kappa shape index (κ1) is 12.7. The average Bonchev–Trinajstić information content (AvgIpc) is 3.10. The number of hydrogen-bond acceptors (Lipinski definition) is 3. The van der Waals surface area contributed by atoms with Crippen LogP contribution < -0.4 is 5.32 Å². The first-order valence-corrected chi connectivity index (χ1v) is 7.33. The van der Waals surface area contributed by atoms with Gasteiger partial charge in [-0.25, -0.2) is 0 Å². The van der Waals surface area contributed by atoms with Gasteiger partial charge in [-0.3, -0.25) is 9.89 Å². The number of nitrogens with one attached hydrogen (secondary N) is 2. The summed E-state index contributed by atoms with van der Waals surface area (Å²) < 4.78 is 0. The summed E-state index contributed by atoms with van der Waals surface area (Å²) in [4.78, 5) is 14.2. The second-order valence-electron chi connectivity index (χ2n) is 5.67. The Bertz CT molecular complexity index is 413. The Morgan fingerprint density at radius 3 is 3.11 bits per heavy atom. The number of carbonyl (C=O) groups excluding carboxylic acids is 1. The summed E-state index contributed by atoms with van der Waals surface area (Å²) in [6.07, 6.45) is 7.21. The van der Waals surface area contributed by atoms with Crippen molar-refractivity contribution in [1.29, 1.82) is 0 Å². The van der Waals surface area contributed by atoms with Crippen molar-refractivity contribution >= 4 is 5.91 Å². The van der Waals surface area contributed by atoms with E-state index in [-0.39, 0.29) is 5.91 Å². The molecule has 5 nitrogen and oxygen atoms in total. The monoisotopic (exact) mass is 262 g/mol. The number of aromatic nitrogens is 2. The van der Waals surface area contributed by atoms with Crippen molar-refractivity contribution in [3.63, 3.8) is 0 Å². The molecular weight excluding hydrogens is 240 g/mol. The highest BCUT2D eigenvalue weighted by Gasteiger charge is 2.26. The average molecular weight is 262 g/mol. The van der Waals surface area contributed by atoms with E-state index in [9.17, 15) is 4.79 Å². The molecule has 2 fully saturated rings. The van der Waals surface area contributed by atoms with Crippen LogP contribution >= 0.6 is 0 Å². The second-order valence-corrected chi connectivity index (χ2v) is 5.67. The zero-order chi connectivity index (χ0) is 13.1. The number of aromatic amines is 1. The molecule has 3 rings (SSSR count). The highest BCUT2D eigenvalue weighted by molar-refractivity contribution is 5.76. The Morgan fingerprint density at radius 2 is 2.37 bits per heavy atom. The number of likely N-dealkylation sites (tertiary alicyclic amines) is 1. The largest absolute Gasteiger partial charge is 0.342 e. The molecule has 1 atom stereocenters. The third-order valence-corrected chi connectivity index (χ3v) is 4.09. The second kappa shape index (κ2) is 5.74. The van der Waals surface area contributed by atoms with Gasteiger partial charge in [-0.2, -0.15) is 5.10 Å². The van der Waals surface area contributed by atoms with Gasteiger partial charge in [0.15, 0.2) is 0 Å². The molecule has 0 bridgehead atoms. The van der Waals surface area contributed by atoms with E-state index in [0.717, 1.165) is 38.2 Å². The molecular formula is C14H22N4O. The number of piperidine rings is 1. The van der Waals surface area contributed by atoms with Crippen LogP contribution in [0, 0.1) is 0 Å². The van der Waals surface area contributed by atoms with Gasteiger partial charge in [0, 0.05) is 49.9 Å². The van der Waals surface area contributed by atoms with Crippen LogP contribution in [-0.2, 0) is 4.79 Å². The number of amides is 1. The Labute approximate surface area is 113 Å². The van der Waals surface area contributed by atoms with Crippen LogP contribution in [0.15, 0.2) is 12.3 Å². The van der Waals surface area contributed by atoms with Gasteiger partial charge in [-0.1, -0.05) is 0 Å². The molecule has 2 aliphatic rings. The molecule has 5 heteroatoms. The predicted molar refractivity (Wildman–Crippen MR) is 72.8 cm³/mol. The van der Waals surface area contributed by atoms with E-state index in [1.165, 1.54) is 12.8 Å². The molecule has 2 heterocycles. The molecule has 1 saturated carbocycles. The first-order valence-electron chi connectivity index (χ1n) is 7.33. The number of H-pyrrole nitrogens is 1. The molecule has 104 valence electrons. The van der Waals surface area contributed by atoms with Crippen LogP contribution in [0.5, 0.6) is 0 Å². The molecule has 2 N–H and O–H groups in total. The number of nitrogens with zero attached hydrogens (tertiary/aromatic N) is 2. The Hall–Kier alpha value is -1.36. The molecule has 1 amide bonds. The van der Waals surface area contributed by atoms with Gasteiger partial charge in [0.05, 0.1) is 0 Å². The van der Waals surface area contributed by atoms with Crippen LogP contribution in [0.3, 0.4) is 0 Å². The van der Waals surface area contributed by atoms with Crippen molar-refractivity contribution in [2.45, 2.75) is 44.1 Å². The summed E-state index contributed by atoms with van der Waals surface area (Å²) in [6, 6.07) is 2.71. The van der Waals surface area contributed by atoms with Gasteiger partial charge in [0.2, 0.25) is 5.91 Å². The molecule has 1 aliphatic heterocycles. The van der Waals surface area contributed by atoms with Crippen LogP contribution in [-0.4, -0.2) is 46.7 Å². The highest BCUT2D eigenvalue weighted by atomic mass is 16.2. The van der Waals surface area contributed by atoms with E-state index < -0.39 is 0 Å². The maximum absolute atomic E-state index is 12.2. The van der Waals surface area contributed by atoms with Crippen molar-refractivity contribution in [2.75, 3.05) is 19.6 Å². The van der Waals surface area contributed by atoms with E-state index in [4.69, 9.17) is 0 Å². The Kier molecular flexibility index (Phi) is 3.82. The lowest BCUT2D eigenvalue weighted by molar-refractivity contribution is -0.132. The number of hydrogen-bond donors (Lipinski definition) is 2. The molecule has 0 aromatic carbocycles. The lowest BCUT2D eigenvalue weighted by Crippen LogP contribution is -2.40. The number of carbonyl (C=O) groups is 1. The van der Waals surface area contributed by atoms with Gasteiger partial charge < -0.3 is 10.2 Å². The van der Waals surface area contributed by atoms with Gasteiger partial charge in [-0.05, 0) is 31.7 Å². The smallest absolute Gasteiger partial charge is 0.223 e. The topological polar surface area (TPSA) is 61.0 Å². The minimum atomic E-state index is 0.289. The van der Waals surface area contributed by atoms with Crippen LogP contribution in [0.1, 0.15) is 43.7 Å². The lowest BCUT2D eigenvalue weighted by atomic mass is 9.95. The highest BCUT2D eigenvalue weighted by Crippen LogP contribution is 2.25. The summed E-state index contributed by atoms with van der Waals surface area (Å²) in [7, 11) is 0. The van der Waals surface area contributed by atoms with E-state index >= 15 is 0 Å². The fourth-order valence-corrected chi connectivity index (χ4v) is 2.78. The van der Waals surface area contributed by atoms with Crippen molar-refractivity contribution in [2.24, 2.45) is 0 Å². The molecule has 1 unspecified atom stereocenters. The summed E-state index contributed by atoms with van der Waals surface area (Å²) in [6.45, 7) is 2.58. The molecule has 0 spiro atoms. The summed E-state index contributed by atoms with van der Waals surface area (Å²) in [5, 5.41) is 10.4. The Morgan fingerprint density at radius 1 is 1.47 bits per heavy atom. The van der Waals surface area contributed by atoms with Gasteiger partial charge in [-0.15, -0.1) is 0 Å². The quantitative estimate of drug-likeness (QED) is 0.839. The SMILES string of the molecule is O=C(CCNC1CC1)N1CCCC(c2ccn[nH]2)C1. The van der Waals surface area contributed by atoms with Crippen molar-refractivity contribution in [3.8, 4) is 0 Å². The lowest BCUT2D eigenvalue weighted by Gasteiger charge is -2.32. The van der Waals surface area contributed by atoms with E-state index in [1.54, 1.807) is 6.20 Å². The number of rotatable bonds is 5. The van der Waals surface area contributed by atoms with E-state index in [2.05, 4.69) is 15.5 Å². The summed E-state index contributed by atoms with van der Waals surface area (Å²) >= 11 is 0. The van der Waals surface area contributed by atoms with E-state index in [1.807, 2.05) is 11.0 Å². The van der Waals surface area contributed by atoms with Crippen molar-refractivity contribution < 1.29 is 4.79 Å². The molecule has 1 aromatic heterocycles. The van der Waals surface area contributed by atoms with Crippen molar-refractivity contribution in [3.05, 3.63) is 18.0 Å². The van der Waals surface area contributed by atoms with Gasteiger partial charge >= 0.3 is 0 Å². The molecule has 19 heavy (non-hydrogen) atoms. The van der Waals surface area contributed by atoms with Crippen LogP contribution in [0.2, 0.25) is 0 Å². The summed E-state index contributed by atoms with van der Waals surface area (Å²) in [5.74, 6) is 0.717. The maximum atomic E-state index is 12.2. The fourth-order valence-electron chi connectivity index (χ4n) is 2.78.